The van der Waals surface area contributed by atoms with Crippen LogP contribution in [0.1, 0.15) is 11.1 Å². The first-order valence-electron chi connectivity index (χ1n) is 6.10. The molecule has 0 heterocycles. The first-order valence-corrected chi connectivity index (χ1v) is 7.59. The molecule has 118 valence electrons. The number of hydrogen-bond acceptors (Lipinski definition) is 2. The summed E-state index contributed by atoms with van der Waals surface area (Å²) in [5.74, 6) is -5.27. The standard InChI is InChI=1S/C14H11F4NO2S/c1-8-2-4-10(15)6-12(8)22(20,21)19-7-9-3-5-11(16)14(18)13(9)17/h2-6,19H,7H2,1H3. The van der Waals surface area contributed by atoms with Crippen LogP contribution < -0.4 is 4.72 Å². The van der Waals surface area contributed by atoms with Crippen molar-refractivity contribution < 1.29 is 26.0 Å². The van der Waals surface area contributed by atoms with Gasteiger partial charge in [-0.15, -0.1) is 0 Å². The van der Waals surface area contributed by atoms with Gasteiger partial charge >= 0.3 is 0 Å². The zero-order chi connectivity index (χ0) is 16.5. The first-order chi connectivity index (χ1) is 10.2. The van der Waals surface area contributed by atoms with Crippen molar-refractivity contribution in [1.29, 1.82) is 0 Å². The fourth-order valence-corrected chi connectivity index (χ4v) is 3.08. The molecule has 0 unspecified atom stereocenters. The molecule has 0 bridgehead atoms. The molecule has 0 amide bonds. The molecule has 0 radical (unpaired) electrons. The maximum Gasteiger partial charge on any atom is 0.241 e. The van der Waals surface area contributed by atoms with Crippen LogP contribution in [-0.4, -0.2) is 8.42 Å². The fourth-order valence-electron chi connectivity index (χ4n) is 1.82. The van der Waals surface area contributed by atoms with Gasteiger partial charge in [-0.05, 0) is 30.7 Å². The highest BCUT2D eigenvalue weighted by molar-refractivity contribution is 7.89. The van der Waals surface area contributed by atoms with Gasteiger partial charge in [0.1, 0.15) is 5.82 Å². The molecule has 2 aromatic carbocycles. The van der Waals surface area contributed by atoms with Crippen LogP contribution in [0.3, 0.4) is 0 Å². The van der Waals surface area contributed by atoms with Crippen LogP contribution in [0.25, 0.3) is 0 Å². The molecule has 3 nitrogen and oxygen atoms in total. The van der Waals surface area contributed by atoms with E-state index in [1.165, 1.54) is 13.0 Å². The number of benzene rings is 2. The number of nitrogens with one attached hydrogen (secondary N) is 1. The molecule has 22 heavy (non-hydrogen) atoms. The van der Waals surface area contributed by atoms with E-state index in [0.717, 1.165) is 18.2 Å². The third-order valence-corrected chi connectivity index (χ3v) is 4.55. The predicted octanol–water partition coefficient (Wildman–Crippen LogP) is 3.03. The zero-order valence-corrected chi connectivity index (χ0v) is 12.1. The molecular formula is C14H11F4NO2S. The number of aryl methyl sites for hydroxylation is 1. The lowest BCUT2D eigenvalue weighted by molar-refractivity contribution is 0.440. The van der Waals surface area contributed by atoms with E-state index < -0.39 is 39.8 Å². The van der Waals surface area contributed by atoms with E-state index in [9.17, 15) is 26.0 Å². The molecule has 2 rings (SSSR count). The Morgan fingerprint density at radius 3 is 2.36 bits per heavy atom. The SMILES string of the molecule is Cc1ccc(F)cc1S(=O)(=O)NCc1ccc(F)c(F)c1F. The molecule has 8 heteroatoms. The largest absolute Gasteiger partial charge is 0.241 e. The maximum atomic E-state index is 13.5. The lowest BCUT2D eigenvalue weighted by atomic mass is 10.2. The summed E-state index contributed by atoms with van der Waals surface area (Å²) in [6.07, 6.45) is 0. The van der Waals surface area contributed by atoms with Gasteiger partial charge in [-0.1, -0.05) is 12.1 Å². The van der Waals surface area contributed by atoms with Gasteiger partial charge in [-0.3, -0.25) is 0 Å². The summed E-state index contributed by atoms with van der Waals surface area (Å²) in [5, 5.41) is 0. The van der Waals surface area contributed by atoms with Crippen molar-refractivity contribution in [1.82, 2.24) is 4.72 Å². The van der Waals surface area contributed by atoms with E-state index in [2.05, 4.69) is 0 Å². The third-order valence-electron chi connectivity index (χ3n) is 3.01. The zero-order valence-electron chi connectivity index (χ0n) is 11.3. The summed E-state index contributed by atoms with van der Waals surface area (Å²) in [6, 6.07) is 4.81. The summed E-state index contributed by atoms with van der Waals surface area (Å²) in [5.41, 5.74) is -0.0730. The van der Waals surface area contributed by atoms with E-state index in [0.29, 0.717) is 11.6 Å². The monoisotopic (exact) mass is 333 g/mol. The van der Waals surface area contributed by atoms with Crippen LogP contribution in [0.2, 0.25) is 0 Å². The summed E-state index contributed by atoms with van der Waals surface area (Å²) >= 11 is 0. The topological polar surface area (TPSA) is 46.2 Å². The molecular weight excluding hydrogens is 322 g/mol. The number of hydrogen-bond donors (Lipinski definition) is 1. The highest BCUT2D eigenvalue weighted by Crippen LogP contribution is 2.18. The fraction of sp³-hybridized carbons (Fsp3) is 0.143. The van der Waals surface area contributed by atoms with Crippen molar-refractivity contribution in [2.45, 2.75) is 18.4 Å². The number of halogens is 4. The Morgan fingerprint density at radius 2 is 1.68 bits per heavy atom. The molecule has 0 aromatic heterocycles. The molecule has 0 aliphatic heterocycles. The van der Waals surface area contributed by atoms with E-state index in [-0.39, 0.29) is 10.5 Å². The Labute approximate surface area is 124 Å². The van der Waals surface area contributed by atoms with Crippen molar-refractivity contribution in [2.75, 3.05) is 0 Å². The van der Waals surface area contributed by atoms with E-state index >= 15 is 0 Å². The van der Waals surface area contributed by atoms with Gasteiger partial charge < -0.3 is 0 Å². The Hall–Kier alpha value is -1.93. The minimum Gasteiger partial charge on any atom is -0.207 e. The minimum atomic E-state index is -4.12. The average molecular weight is 333 g/mol. The Balaban J connectivity index is 2.27. The summed E-state index contributed by atoms with van der Waals surface area (Å²) in [4.78, 5) is -0.310. The third kappa shape index (κ3) is 3.28. The van der Waals surface area contributed by atoms with Crippen LogP contribution in [0, 0.1) is 30.2 Å². The highest BCUT2D eigenvalue weighted by atomic mass is 32.2. The molecule has 0 aliphatic rings. The van der Waals surface area contributed by atoms with Crippen LogP contribution in [0.4, 0.5) is 17.6 Å². The van der Waals surface area contributed by atoms with Crippen LogP contribution >= 0.6 is 0 Å². The number of rotatable bonds is 4. The number of sulfonamides is 1. The molecule has 0 saturated heterocycles. The van der Waals surface area contributed by atoms with Crippen molar-refractivity contribution in [2.24, 2.45) is 0 Å². The van der Waals surface area contributed by atoms with Gasteiger partial charge in [0.05, 0.1) is 4.90 Å². The smallest absolute Gasteiger partial charge is 0.207 e. The van der Waals surface area contributed by atoms with Gasteiger partial charge in [-0.2, -0.15) is 0 Å². The molecule has 0 fully saturated rings. The van der Waals surface area contributed by atoms with Crippen LogP contribution in [0.15, 0.2) is 35.2 Å². The van der Waals surface area contributed by atoms with E-state index in [1.807, 2.05) is 4.72 Å². The Kier molecular flexibility index (Phi) is 4.52. The molecule has 0 saturated carbocycles. The second-order valence-corrected chi connectivity index (χ2v) is 6.30. The lowest BCUT2D eigenvalue weighted by Crippen LogP contribution is -2.25. The predicted molar refractivity (Wildman–Crippen MR) is 71.5 cm³/mol. The summed E-state index contributed by atoms with van der Waals surface area (Å²) in [6.45, 7) is 0.869. The maximum absolute atomic E-state index is 13.5. The van der Waals surface area contributed by atoms with Crippen molar-refractivity contribution >= 4 is 10.0 Å². The molecule has 1 N–H and O–H groups in total. The average Bonchev–Trinajstić information content (AvgIpc) is 2.46. The van der Waals surface area contributed by atoms with Crippen molar-refractivity contribution in [3.63, 3.8) is 0 Å². The minimum absolute atomic E-state index is 0.291. The lowest BCUT2D eigenvalue weighted by Gasteiger charge is -2.10. The highest BCUT2D eigenvalue weighted by Gasteiger charge is 2.19. The molecule has 0 atom stereocenters. The molecule has 0 aliphatic carbocycles. The van der Waals surface area contributed by atoms with Gasteiger partial charge in [0.15, 0.2) is 17.5 Å². The van der Waals surface area contributed by atoms with Crippen LogP contribution in [0.5, 0.6) is 0 Å². The first kappa shape index (κ1) is 16.4. The van der Waals surface area contributed by atoms with Gasteiger partial charge in [0.25, 0.3) is 0 Å². The molecule has 0 spiro atoms. The van der Waals surface area contributed by atoms with Gasteiger partial charge in [0, 0.05) is 12.1 Å². The summed E-state index contributed by atoms with van der Waals surface area (Å²) in [7, 11) is -4.12. The second-order valence-electron chi connectivity index (χ2n) is 4.57. The van der Waals surface area contributed by atoms with Gasteiger partial charge in [0.2, 0.25) is 10.0 Å². The van der Waals surface area contributed by atoms with E-state index in [4.69, 9.17) is 0 Å². The second kappa shape index (κ2) is 6.05. The van der Waals surface area contributed by atoms with Crippen molar-refractivity contribution in [3.8, 4) is 0 Å². The Bertz CT molecular complexity index is 822. The van der Waals surface area contributed by atoms with E-state index in [1.54, 1.807) is 0 Å². The summed E-state index contributed by atoms with van der Waals surface area (Å²) < 4.78 is 78.7. The van der Waals surface area contributed by atoms with Gasteiger partial charge in [-0.25, -0.2) is 30.7 Å². The Morgan fingerprint density at radius 1 is 1.00 bits per heavy atom. The van der Waals surface area contributed by atoms with Crippen molar-refractivity contribution in [3.05, 3.63) is 64.7 Å². The quantitative estimate of drug-likeness (QED) is 0.690. The van der Waals surface area contributed by atoms with Crippen LogP contribution in [-0.2, 0) is 16.6 Å². The normalized spacial score (nSPS) is 11.7. The molecule has 2 aromatic rings.